The van der Waals surface area contributed by atoms with Gasteiger partial charge in [-0.25, -0.2) is 4.79 Å². The van der Waals surface area contributed by atoms with Crippen LogP contribution in [0, 0.1) is 6.92 Å². The van der Waals surface area contributed by atoms with E-state index >= 15 is 0 Å². The highest BCUT2D eigenvalue weighted by atomic mass is 79.9. The predicted molar refractivity (Wildman–Crippen MR) is 82.6 cm³/mol. The molecule has 0 fully saturated rings. The van der Waals surface area contributed by atoms with Crippen LogP contribution in [0.3, 0.4) is 0 Å². The van der Waals surface area contributed by atoms with Crippen LogP contribution in [0.25, 0.3) is 6.08 Å². The second-order valence-electron chi connectivity index (χ2n) is 4.87. The normalized spacial score (nSPS) is 15.9. The summed E-state index contributed by atoms with van der Waals surface area (Å²) < 4.78 is 6.36. The summed E-state index contributed by atoms with van der Waals surface area (Å²) in [4.78, 5) is 12.1. The number of carbonyl (C=O) groups is 1. The average Bonchev–Trinajstić information content (AvgIpc) is 2.42. The molecule has 2 nitrogen and oxygen atoms in total. The van der Waals surface area contributed by atoms with Crippen molar-refractivity contribution in [2.75, 3.05) is 0 Å². The van der Waals surface area contributed by atoms with Gasteiger partial charge in [0.2, 0.25) is 0 Å². The Hall–Kier alpha value is -1.87. The summed E-state index contributed by atoms with van der Waals surface area (Å²) in [6, 6.07) is 13.7. The Balaban J connectivity index is 2.00. The SMILES string of the molecule is Cc1ccc2c(c1)C/C(=C\c1ccccc1Br)C(=O)O2. The summed E-state index contributed by atoms with van der Waals surface area (Å²) >= 11 is 3.49. The van der Waals surface area contributed by atoms with Gasteiger partial charge in [0.15, 0.2) is 0 Å². The summed E-state index contributed by atoms with van der Waals surface area (Å²) in [6.07, 6.45) is 2.49. The standard InChI is InChI=1S/C17H13BrO2/c1-11-6-7-16-13(8-11)10-14(17(19)20-16)9-12-4-2-3-5-15(12)18/h2-9H,10H2,1H3/b14-9+. The zero-order chi connectivity index (χ0) is 14.1. The number of hydrogen-bond donors (Lipinski definition) is 0. The Morgan fingerprint density at radius 2 is 2.00 bits per heavy atom. The van der Waals surface area contributed by atoms with Crippen molar-refractivity contribution in [1.29, 1.82) is 0 Å². The van der Waals surface area contributed by atoms with Gasteiger partial charge in [-0.05, 0) is 36.3 Å². The van der Waals surface area contributed by atoms with Crippen molar-refractivity contribution < 1.29 is 9.53 Å². The first-order valence-corrected chi connectivity index (χ1v) is 7.19. The molecule has 0 spiro atoms. The minimum absolute atomic E-state index is 0.267. The Morgan fingerprint density at radius 3 is 2.80 bits per heavy atom. The number of rotatable bonds is 1. The third-order valence-corrected chi connectivity index (χ3v) is 4.02. The monoisotopic (exact) mass is 328 g/mol. The van der Waals surface area contributed by atoms with Gasteiger partial charge in [0, 0.05) is 16.5 Å². The second kappa shape index (κ2) is 5.25. The molecule has 0 aromatic heterocycles. The predicted octanol–water partition coefficient (Wildman–Crippen LogP) is 4.30. The first-order valence-electron chi connectivity index (χ1n) is 6.40. The van der Waals surface area contributed by atoms with E-state index in [1.807, 2.05) is 49.4 Å². The summed E-state index contributed by atoms with van der Waals surface area (Å²) in [6.45, 7) is 2.04. The summed E-state index contributed by atoms with van der Waals surface area (Å²) in [7, 11) is 0. The Kier molecular flexibility index (Phi) is 3.45. The molecule has 2 aromatic rings. The van der Waals surface area contributed by atoms with Crippen LogP contribution in [-0.2, 0) is 11.2 Å². The molecule has 0 saturated carbocycles. The van der Waals surface area contributed by atoms with E-state index in [9.17, 15) is 4.79 Å². The molecule has 0 aliphatic carbocycles. The van der Waals surface area contributed by atoms with E-state index in [0.717, 1.165) is 15.6 Å². The van der Waals surface area contributed by atoms with Gasteiger partial charge < -0.3 is 4.74 Å². The molecule has 3 rings (SSSR count). The maximum Gasteiger partial charge on any atom is 0.339 e. The molecule has 0 radical (unpaired) electrons. The lowest BCUT2D eigenvalue weighted by molar-refractivity contribution is -0.130. The van der Waals surface area contributed by atoms with Crippen LogP contribution in [0.15, 0.2) is 52.5 Å². The van der Waals surface area contributed by atoms with E-state index in [0.29, 0.717) is 17.7 Å². The molecule has 0 amide bonds. The molecule has 1 aliphatic heterocycles. The lowest BCUT2D eigenvalue weighted by atomic mass is 9.98. The first-order chi connectivity index (χ1) is 9.63. The molecular weight excluding hydrogens is 316 g/mol. The minimum Gasteiger partial charge on any atom is -0.423 e. The van der Waals surface area contributed by atoms with Crippen LogP contribution < -0.4 is 4.74 Å². The van der Waals surface area contributed by atoms with Crippen molar-refractivity contribution in [3.8, 4) is 5.75 Å². The molecule has 20 heavy (non-hydrogen) atoms. The maximum absolute atomic E-state index is 12.1. The zero-order valence-electron chi connectivity index (χ0n) is 11.0. The highest BCUT2D eigenvalue weighted by Gasteiger charge is 2.22. The van der Waals surface area contributed by atoms with Crippen molar-refractivity contribution in [3.63, 3.8) is 0 Å². The van der Waals surface area contributed by atoms with E-state index in [1.165, 1.54) is 5.56 Å². The second-order valence-corrected chi connectivity index (χ2v) is 5.72. The minimum atomic E-state index is -0.267. The number of aryl methyl sites for hydroxylation is 1. The van der Waals surface area contributed by atoms with Gasteiger partial charge in [-0.2, -0.15) is 0 Å². The summed E-state index contributed by atoms with van der Waals surface area (Å²) in [5, 5.41) is 0. The van der Waals surface area contributed by atoms with Crippen molar-refractivity contribution in [2.45, 2.75) is 13.3 Å². The van der Waals surface area contributed by atoms with Gasteiger partial charge in [-0.15, -0.1) is 0 Å². The van der Waals surface area contributed by atoms with Gasteiger partial charge >= 0.3 is 5.97 Å². The van der Waals surface area contributed by atoms with Gasteiger partial charge in [0.05, 0.1) is 0 Å². The van der Waals surface area contributed by atoms with Crippen molar-refractivity contribution in [1.82, 2.24) is 0 Å². The third kappa shape index (κ3) is 2.54. The van der Waals surface area contributed by atoms with Gasteiger partial charge in [-0.1, -0.05) is 51.8 Å². The van der Waals surface area contributed by atoms with Crippen molar-refractivity contribution in [3.05, 3.63) is 69.2 Å². The molecule has 0 atom stereocenters. The smallest absolute Gasteiger partial charge is 0.339 e. The fourth-order valence-electron chi connectivity index (χ4n) is 2.28. The van der Waals surface area contributed by atoms with Crippen LogP contribution in [0.4, 0.5) is 0 Å². The van der Waals surface area contributed by atoms with Gasteiger partial charge in [-0.3, -0.25) is 0 Å². The number of benzene rings is 2. The van der Waals surface area contributed by atoms with Crippen molar-refractivity contribution in [2.24, 2.45) is 0 Å². The maximum atomic E-state index is 12.1. The van der Waals surface area contributed by atoms with Gasteiger partial charge in [0.1, 0.15) is 5.75 Å². The topological polar surface area (TPSA) is 26.3 Å². The molecule has 2 aromatic carbocycles. The number of carbonyl (C=O) groups excluding carboxylic acids is 1. The highest BCUT2D eigenvalue weighted by Crippen LogP contribution is 2.30. The Labute approximate surface area is 126 Å². The zero-order valence-corrected chi connectivity index (χ0v) is 12.6. The number of fused-ring (bicyclic) bond motifs is 1. The molecule has 0 bridgehead atoms. The largest absolute Gasteiger partial charge is 0.423 e. The summed E-state index contributed by atoms with van der Waals surface area (Å²) in [5.74, 6) is 0.405. The molecule has 100 valence electrons. The quantitative estimate of drug-likeness (QED) is 0.443. The van der Waals surface area contributed by atoms with E-state index in [2.05, 4.69) is 22.0 Å². The lowest BCUT2D eigenvalue weighted by Crippen LogP contribution is -2.19. The van der Waals surface area contributed by atoms with Crippen LogP contribution in [0.2, 0.25) is 0 Å². The lowest BCUT2D eigenvalue weighted by Gasteiger charge is -2.18. The fourth-order valence-corrected chi connectivity index (χ4v) is 2.68. The van der Waals surface area contributed by atoms with E-state index in [1.54, 1.807) is 0 Å². The number of hydrogen-bond acceptors (Lipinski definition) is 2. The van der Waals surface area contributed by atoms with Crippen LogP contribution in [0.5, 0.6) is 5.75 Å². The Bertz CT molecular complexity index is 717. The molecule has 0 N–H and O–H groups in total. The Morgan fingerprint density at radius 1 is 1.20 bits per heavy atom. The van der Waals surface area contributed by atoms with E-state index < -0.39 is 0 Å². The third-order valence-electron chi connectivity index (χ3n) is 3.30. The molecule has 1 heterocycles. The van der Waals surface area contributed by atoms with Crippen LogP contribution in [0.1, 0.15) is 16.7 Å². The molecular formula is C17H13BrO2. The number of esters is 1. The van der Waals surface area contributed by atoms with E-state index in [-0.39, 0.29) is 5.97 Å². The highest BCUT2D eigenvalue weighted by molar-refractivity contribution is 9.10. The molecule has 0 saturated heterocycles. The van der Waals surface area contributed by atoms with E-state index in [4.69, 9.17) is 4.74 Å². The molecule has 3 heteroatoms. The van der Waals surface area contributed by atoms with Gasteiger partial charge in [0.25, 0.3) is 0 Å². The van der Waals surface area contributed by atoms with Crippen molar-refractivity contribution >= 4 is 28.0 Å². The number of ether oxygens (including phenoxy) is 1. The van der Waals surface area contributed by atoms with Crippen LogP contribution >= 0.6 is 15.9 Å². The molecule has 0 unspecified atom stereocenters. The fraction of sp³-hybridized carbons (Fsp3) is 0.118. The summed E-state index contributed by atoms with van der Waals surface area (Å²) in [5.41, 5.74) is 3.88. The van der Waals surface area contributed by atoms with Crippen LogP contribution in [-0.4, -0.2) is 5.97 Å². The first kappa shape index (κ1) is 13.1. The number of halogens is 1. The average molecular weight is 329 g/mol. The molecule has 1 aliphatic rings.